The summed E-state index contributed by atoms with van der Waals surface area (Å²) in [6.07, 6.45) is 4.60. The van der Waals surface area contributed by atoms with Crippen molar-refractivity contribution in [2.24, 2.45) is 7.05 Å². The van der Waals surface area contributed by atoms with Crippen LogP contribution < -0.4 is 0 Å². The molecule has 0 fully saturated rings. The van der Waals surface area contributed by atoms with Crippen LogP contribution in [0.5, 0.6) is 0 Å². The monoisotopic (exact) mass is 237 g/mol. The van der Waals surface area contributed by atoms with Crippen molar-refractivity contribution in [2.45, 2.75) is 26.3 Å². The molecule has 0 aliphatic heterocycles. The van der Waals surface area contributed by atoms with Crippen molar-refractivity contribution >= 4 is 12.2 Å². The van der Waals surface area contributed by atoms with Gasteiger partial charge in [-0.25, -0.2) is 0 Å². The van der Waals surface area contributed by atoms with Crippen LogP contribution in [0.2, 0.25) is 0 Å². The zero-order valence-corrected chi connectivity index (χ0v) is 10.5. The van der Waals surface area contributed by atoms with E-state index in [9.17, 15) is 0 Å². The van der Waals surface area contributed by atoms with Gasteiger partial charge in [0.05, 0.1) is 6.04 Å². The Bertz CT molecular complexity index is 535. The van der Waals surface area contributed by atoms with Crippen molar-refractivity contribution in [1.29, 1.82) is 0 Å². The van der Waals surface area contributed by atoms with Crippen LogP contribution in [0.1, 0.15) is 31.4 Å². The summed E-state index contributed by atoms with van der Waals surface area (Å²) in [6, 6.07) is 0.0983. The molecule has 0 bridgehead atoms. The second-order valence-corrected chi connectivity index (χ2v) is 4.17. The second-order valence-electron chi connectivity index (χ2n) is 3.78. The molecule has 5 nitrogen and oxygen atoms in total. The van der Waals surface area contributed by atoms with Crippen LogP contribution in [-0.4, -0.2) is 24.3 Å². The number of aryl methyl sites for hydroxylation is 2. The van der Waals surface area contributed by atoms with Gasteiger partial charge >= 0.3 is 0 Å². The normalized spacial score (nSPS) is 12.9. The van der Waals surface area contributed by atoms with Gasteiger partial charge < -0.3 is 14.1 Å². The number of H-pyrrole nitrogens is 1. The number of aromatic amines is 1. The van der Waals surface area contributed by atoms with Gasteiger partial charge in [-0.15, -0.1) is 10.2 Å². The summed E-state index contributed by atoms with van der Waals surface area (Å²) in [5, 5.41) is 8.01. The molecule has 0 saturated heterocycles. The van der Waals surface area contributed by atoms with E-state index in [2.05, 4.69) is 33.6 Å². The Balaban J connectivity index is 2.49. The van der Waals surface area contributed by atoms with Gasteiger partial charge in [0.1, 0.15) is 6.33 Å². The van der Waals surface area contributed by atoms with Crippen LogP contribution in [0.4, 0.5) is 0 Å². The maximum absolute atomic E-state index is 5.28. The van der Waals surface area contributed by atoms with Crippen molar-refractivity contribution in [1.82, 2.24) is 24.3 Å². The Morgan fingerprint density at radius 3 is 2.88 bits per heavy atom. The van der Waals surface area contributed by atoms with Gasteiger partial charge in [-0.05, 0) is 25.6 Å². The molecule has 0 aromatic carbocycles. The number of nitrogens with zero attached hydrogens (tertiary/aromatic N) is 4. The molecule has 0 spiro atoms. The predicted molar refractivity (Wildman–Crippen MR) is 63.8 cm³/mol. The van der Waals surface area contributed by atoms with Gasteiger partial charge in [-0.2, -0.15) is 0 Å². The molecule has 0 aliphatic rings. The summed E-state index contributed by atoms with van der Waals surface area (Å²) in [6.45, 7) is 4.19. The molecule has 6 heteroatoms. The molecule has 16 heavy (non-hydrogen) atoms. The summed E-state index contributed by atoms with van der Waals surface area (Å²) < 4.78 is 4.73. The fraction of sp³-hybridized carbons (Fsp3) is 0.500. The first-order valence-corrected chi connectivity index (χ1v) is 5.68. The molecule has 0 radical (unpaired) electrons. The highest BCUT2D eigenvalue weighted by atomic mass is 32.1. The molecule has 2 heterocycles. The van der Waals surface area contributed by atoms with Crippen LogP contribution in [0, 0.1) is 4.77 Å². The van der Waals surface area contributed by atoms with Gasteiger partial charge in [-0.1, -0.05) is 6.92 Å². The maximum Gasteiger partial charge on any atom is 0.178 e. The standard InChI is InChI=1S/C10H15N5S/c1-4-8-5-11-10(16)15(8)7(2)9-13-12-6-14(9)3/h5-7H,4H2,1-3H3,(H,11,16). The summed E-state index contributed by atoms with van der Waals surface area (Å²) in [5.74, 6) is 0.908. The molecule has 1 unspecified atom stereocenters. The number of hydrogen-bond donors (Lipinski definition) is 1. The fourth-order valence-corrected chi connectivity index (χ4v) is 2.23. The number of aromatic nitrogens is 5. The molecule has 86 valence electrons. The lowest BCUT2D eigenvalue weighted by molar-refractivity contribution is 0.550. The zero-order valence-electron chi connectivity index (χ0n) is 9.64. The third-order valence-electron chi connectivity index (χ3n) is 2.76. The smallest absolute Gasteiger partial charge is 0.178 e. The van der Waals surface area contributed by atoms with Gasteiger partial charge in [0, 0.05) is 18.9 Å². The van der Waals surface area contributed by atoms with Crippen LogP contribution in [0.3, 0.4) is 0 Å². The first-order chi connectivity index (χ1) is 7.65. The minimum atomic E-state index is 0.0983. The maximum atomic E-state index is 5.28. The first-order valence-electron chi connectivity index (χ1n) is 5.27. The number of imidazole rings is 1. The van der Waals surface area contributed by atoms with Crippen molar-refractivity contribution in [3.8, 4) is 0 Å². The van der Waals surface area contributed by atoms with Crippen LogP contribution in [-0.2, 0) is 13.5 Å². The molecule has 2 aromatic rings. The topological polar surface area (TPSA) is 51.4 Å². The SMILES string of the molecule is CCc1c[nH]c(=S)n1C(C)c1nncn1C. The largest absolute Gasteiger partial charge is 0.337 e. The van der Waals surface area contributed by atoms with Crippen LogP contribution in [0.15, 0.2) is 12.5 Å². The fourth-order valence-electron chi connectivity index (χ4n) is 1.90. The quantitative estimate of drug-likeness (QED) is 0.829. The summed E-state index contributed by atoms with van der Waals surface area (Å²) in [7, 11) is 1.94. The van der Waals surface area contributed by atoms with E-state index in [1.54, 1.807) is 6.33 Å². The molecule has 0 amide bonds. The van der Waals surface area contributed by atoms with E-state index in [0.29, 0.717) is 0 Å². The van der Waals surface area contributed by atoms with Gasteiger partial charge in [0.2, 0.25) is 0 Å². The molecule has 2 rings (SSSR count). The number of nitrogens with one attached hydrogen (secondary N) is 1. The van der Waals surface area contributed by atoms with Crippen LogP contribution >= 0.6 is 12.2 Å². The molecule has 0 aliphatic carbocycles. The third kappa shape index (κ3) is 1.69. The van der Waals surface area contributed by atoms with E-state index in [0.717, 1.165) is 17.0 Å². The molecular formula is C10H15N5S. The third-order valence-corrected chi connectivity index (χ3v) is 3.07. The van der Waals surface area contributed by atoms with Crippen LogP contribution in [0.25, 0.3) is 0 Å². The molecule has 2 aromatic heterocycles. The van der Waals surface area contributed by atoms with E-state index in [4.69, 9.17) is 12.2 Å². The average molecular weight is 237 g/mol. The lowest BCUT2D eigenvalue weighted by Crippen LogP contribution is -2.14. The molecule has 0 saturated carbocycles. The lowest BCUT2D eigenvalue weighted by atomic mass is 10.2. The lowest BCUT2D eigenvalue weighted by Gasteiger charge is -2.15. The Morgan fingerprint density at radius 2 is 2.31 bits per heavy atom. The highest BCUT2D eigenvalue weighted by Crippen LogP contribution is 2.18. The Hall–Kier alpha value is -1.43. The number of rotatable bonds is 3. The van der Waals surface area contributed by atoms with E-state index in [-0.39, 0.29) is 6.04 Å². The minimum Gasteiger partial charge on any atom is -0.337 e. The summed E-state index contributed by atoms with van der Waals surface area (Å²) in [5.41, 5.74) is 1.18. The first kappa shape index (κ1) is 11.1. The molecule has 1 atom stereocenters. The number of hydrogen-bond acceptors (Lipinski definition) is 3. The van der Waals surface area contributed by atoms with Crippen molar-refractivity contribution in [2.75, 3.05) is 0 Å². The van der Waals surface area contributed by atoms with Crippen molar-refractivity contribution < 1.29 is 0 Å². The van der Waals surface area contributed by atoms with Crippen molar-refractivity contribution in [3.63, 3.8) is 0 Å². The summed E-state index contributed by atoms with van der Waals surface area (Å²) in [4.78, 5) is 3.07. The van der Waals surface area contributed by atoms with Gasteiger partial charge in [-0.3, -0.25) is 0 Å². The Labute approximate surface area is 99.1 Å². The van der Waals surface area contributed by atoms with Gasteiger partial charge in [0.15, 0.2) is 10.6 Å². The Kier molecular flexibility index (Phi) is 2.91. The highest BCUT2D eigenvalue weighted by Gasteiger charge is 2.16. The molecule has 1 N–H and O–H groups in total. The van der Waals surface area contributed by atoms with E-state index < -0.39 is 0 Å². The summed E-state index contributed by atoms with van der Waals surface area (Å²) >= 11 is 5.28. The predicted octanol–water partition coefficient (Wildman–Crippen LogP) is 1.85. The Morgan fingerprint density at radius 1 is 1.56 bits per heavy atom. The highest BCUT2D eigenvalue weighted by molar-refractivity contribution is 7.71. The van der Waals surface area contributed by atoms with Crippen molar-refractivity contribution in [3.05, 3.63) is 28.8 Å². The van der Waals surface area contributed by atoms with E-state index in [1.165, 1.54) is 5.69 Å². The average Bonchev–Trinajstić information content (AvgIpc) is 2.83. The minimum absolute atomic E-state index is 0.0983. The second kappa shape index (κ2) is 4.21. The zero-order chi connectivity index (χ0) is 11.7. The molecular weight excluding hydrogens is 222 g/mol. The van der Waals surface area contributed by atoms with E-state index in [1.807, 2.05) is 17.8 Å². The van der Waals surface area contributed by atoms with Gasteiger partial charge in [0.25, 0.3) is 0 Å². The van der Waals surface area contributed by atoms with E-state index >= 15 is 0 Å².